The van der Waals surface area contributed by atoms with Crippen molar-refractivity contribution in [3.63, 3.8) is 0 Å². The van der Waals surface area contributed by atoms with Crippen molar-refractivity contribution >= 4 is 17.7 Å². The van der Waals surface area contributed by atoms with Gasteiger partial charge in [-0.1, -0.05) is 0 Å². The number of ether oxygens (including phenoxy) is 1. The second kappa shape index (κ2) is 4.69. The third kappa shape index (κ3) is 2.15. The highest BCUT2D eigenvalue weighted by atomic mass is 32.2. The Kier molecular flexibility index (Phi) is 3.21. The Balaban J connectivity index is 1.71. The van der Waals surface area contributed by atoms with E-state index in [-0.39, 0.29) is 5.54 Å². The van der Waals surface area contributed by atoms with Gasteiger partial charge in [0.2, 0.25) is 0 Å². The van der Waals surface area contributed by atoms with Crippen LogP contribution in [-0.2, 0) is 4.74 Å². The Morgan fingerprint density at radius 2 is 2.47 bits per heavy atom. The molecule has 5 heteroatoms. The Hall–Kier alpha value is -0.420. The molecule has 96 valence electrons. The molecule has 0 radical (unpaired) electrons. The molecule has 4 nitrogen and oxygen atoms in total. The van der Waals surface area contributed by atoms with Gasteiger partial charge in [0.05, 0.1) is 18.2 Å². The molecule has 17 heavy (non-hydrogen) atoms. The molecule has 0 saturated carbocycles. The van der Waals surface area contributed by atoms with Crippen LogP contribution in [0.2, 0.25) is 0 Å². The fraction of sp³-hybridized carbons (Fsp3) is 0.917. The van der Waals surface area contributed by atoms with Crippen LogP contribution in [0.25, 0.3) is 0 Å². The zero-order chi connectivity index (χ0) is 11.7. The molecule has 1 spiro atoms. The summed E-state index contributed by atoms with van der Waals surface area (Å²) in [5, 5.41) is 0. The Morgan fingerprint density at radius 3 is 3.18 bits per heavy atom. The van der Waals surface area contributed by atoms with Crippen LogP contribution in [0.15, 0.2) is 4.99 Å². The number of nitrogens with zero attached hydrogens (tertiary/aromatic N) is 2. The monoisotopic (exact) mass is 255 g/mol. The molecule has 0 aromatic rings. The lowest BCUT2D eigenvalue weighted by Gasteiger charge is -2.42. The molecule has 0 aliphatic carbocycles. The minimum Gasteiger partial charge on any atom is -0.376 e. The molecule has 2 atom stereocenters. The van der Waals surface area contributed by atoms with Crippen LogP contribution in [0.1, 0.15) is 25.7 Å². The summed E-state index contributed by atoms with van der Waals surface area (Å²) in [6.45, 7) is 2.74. The molecule has 0 aromatic carbocycles. The van der Waals surface area contributed by atoms with Crippen LogP contribution >= 0.6 is 11.8 Å². The number of hydrogen-bond acceptors (Lipinski definition) is 5. The molecular weight excluding hydrogens is 234 g/mol. The number of nitrogens with two attached hydrogens (primary N) is 1. The van der Waals surface area contributed by atoms with Crippen LogP contribution in [-0.4, -0.2) is 53.7 Å². The van der Waals surface area contributed by atoms with Crippen LogP contribution < -0.4 is 5.73 Å². The predicted octanol–water partition coefficient (Wildman–Crippen LogP) is 1.06. The van der Waals surface area contributed by atoms with Crippen LogP contribution in [0.4, 0.5) is 0 Å². The predicted molar refractivity (Wildman–Crippen MR) is 71.5 cm³/mol. The molecule has 2 N–H and O–H groups in total. The molecule has 0 amide bonds. The summed E-state index contributed by atoms with van der Waals surface area (Å²) >= 11 is 2.04. The fourth-order valence-electron chi connectivity index (χ4n) is 3.10. The topological polar surface area (TPSA) is 50.8 Å². The average Bonchev–Trinajstić information content (AvgIpc) is 2.95. The Morgan fingerprint density at radius 1 is 1.53 bits per heavy atom. The summed E-state index contributed by atoms with van der Waals surface area (Å²) in [4.78, 5) is 6.83. The maximum absolute atomic E-state index is 6.07. The summed E-state index contributed by atoms with van der Waals surface area (Å²) in [6.07, 6.45) is 5.25. The first-order valence-corrected chi connectivity index (χ1v) is 7.73. The first-order valence-electron chi connectivity index (χ1n) is 6.57. The van der Waals surface area contributed by atoms with Crippen LogP contribution in [0.3, 0.4) is 0 Å². The van der Waals surface area contributed by atoms with E-state index in [1.54, 1.807) is 0 Å². The number of guanidine groups is 1. The number of thioether (sulfide) groups is 1. The van der Waals surface area contributed by atoms with E-state index in [4.69, 9.17) is 10.5 Å². The summed E-state index contributed by atoms with van der Waals surface area (Å²) in [5.41, 5.74) is 6.28. The maximum atomic E-state index is 6.07. The number of rotatable bonds is 2. The van der Waals surface area contributed by atoms with E-state index < -0.39 is 0 Å². The van der Waals surface area contributed by atoms with E-state index in [0.717, 1.165) is 25.7 Å². The zero-order valence-corrected chi connectivity index (χ0v) is 11.0. The normalized spacial score (nSPS) is 37.8. The smallest absolute Gasteiger partial charge is 0.191 e. The second-order valence-corrected chi connectivity index (χ2v) is 6.41. The molecule has 3 aliphatic rings. The molecule has 2 saturated heterocycles. The summed E-state index contributed by atoms with van der Waals surface area (Å²) in [7, 11) is 0. The standard InChI is InChI=1S/C12H21N3OS/c13-11-14-8-12(4-2-6-17-9-12)15(11)7-10-3-1-5-16-10/h10H,1-9H2,(H2,13,14). The van der Waals surface area contributed by atoms with Crippen LogP contribution in [0, 0.1) is 0 Å². The minimum atomic E-state index is 0.207. The maximum Gasteiger partial charge on any atom is 0.191 e. The van der Waals surface area contributed by atoms with E-state index in [1.165, 1.54) is 37.2 Å². The van der Waals surface area contributed by atoms with Gasteiger partial charge in [0.1, 0.15) is 0 Å². The molecule has 0 aromatic heterocycles. The van der Waals surface area contributed by atoms with Gasteiger partial charge < -0.3 is 15.4 Å². The van der Waals surface area contributed by atoms with Crippen molar-refractivity contribution in [3.8, 4) is 0 Å². The van der Waals surface area contributed by atoms with Gasteiger partial charge in [-0.15, -0.1) is 0 Å². The van der Waals surface area contributed by atoms with Crippen molar-refractivity contribution in [3.05, 3.63) is 0 Å². The third-order valence-electron chi connectivity index (χ3n) is 4.10. The van der Waals surface area contributed by atoms with Gasteiger partial charge in [-0.3, -0.25) is 4.99 Å². The van der Waals surface area contributed by atoms with Gasteiger partial charge in [-0.05, 0) is 31.4 Å². The molecule has 3 aliphatic heterocycles. The van der Waals surface area contributed by atoms with Crippen molar-refractivity contribution in [1.82, 2.24) is 4.90 Å². The lowest BCUT2D eigenvalue weighted by molar-refractivity contribution is 0.0678. The first-order chi connectivity index (χ1) is 8.30. The molecular formula is C12H21N3OS. The van der Waals surface area contributed by atoms with Crippen molar-refractivity contribution < 1.29 is 4.74 Å². The Labute approximate surface area is 107 Å². The molecule has 2 unspecified atom stereocenters. The van der Waals surface area contributed by atoms with Gasteiger partial charge >= 0.3 is 0 Å². The van der Waals surface area contributed by atoms with Crippen molar-refractivity contribution in [2.75, 3.05) is 31.2 Å². The molecule has 0 bridgehead atoms. The third-order valence-corrected chi connectivity index (χ3v) is 5.42. The highest BCUT2D eigenvalue weighted by Gasteiger charge is 2.44. The van der Waals surface area contributed by atoms with Gasteiger partial charge in [0.25, 0.3) is 0 Å². The van der Waals surface area contributed by atoms with Gasteiger partial charge in [0, 0.05) is 18.9 Å². The van der Waals surface area contributed by atoms with E-state index in [0.29, 0.717) is 6.10 Å². The van der Waals surface area contributed by atoms with E-state index in [2.05, 4.69) is 9.89 Å². The SMILES string of the molecule is NC1=NCC2(CCCSC2)N1CC1CCCO1. The fourth-order valence-corrected chi connectivity index (χ4v) is 4.36. The highest BCUT2D eigenvalue weighted by molar-refractivity contribution is 7.99. The van der Waals surface area contributed by atoms with Crippen LogP contribution in [0.5, 0.6) is 0 Å². The second-order valence-electron chi connectivity index (χ2n) is 5.30. The van der Waals surface area contributed by atoms with Crippen molar-refractivity contribution in [2.45, 2.75) is 37.3 Å². The Bertz CT molecular complexity index is 309. The van der Waals surface area contributed by atoms with E-state index in [1.807, 2.05) is 11.8 Å². The van der Waals surface area contributed by atoms with E-state index in [9.17, 15) is 0 Å². The lowest BCUT2D eigenvalue weighted by atomic mass is 9.94. The van der Waals surface area contributed by atoms with E-state index >= 15 is 0 Å². The van der Waals surface area contributed by atoms with Gasteiger partial charge in [-0.2, -0.15) is 11.8 Å². The number of hydrogen-bond donors (Lipinski definition) is 1. The van der Waals surface area contributed by atoms with Crippen molar-refractivity contribution in [2.24, 2.45) is 10.7 Å². The summed E-state index contributed by atoms with van der Waals surface area (Å²) in [5.74, 6) is 3.20. The summed E-state index contributed by atoms with van der Waals surface area (Å²) in [6, 6.07) is 0. The van der Waals surface area contributed by atoms with Gasteiger partial charge in [-0.25, -0.2) is 0 Å². The zero-order valence-electron chi connectivity index (χ0n) is 10.2. The quantitative estimate of drug-likeness (QED) is 0.801. The number of aliphatic imine (C=N–C) groups is 1. The lowest BCUT2D eigenvalue weighted by Crippen LogP contribution is -2.56. The van der Waals surface area contributed by atoms with Crippen molar-refractivity contribution in [1.29, 1.82) is 0 Å². The highest BCUT2D eigenvalue weighted by Crippen LogP contribution is 2.36. The van der Waals surface area contributed by atoms with Gasteiger partial charge in [0.15, 0.2) is 5.96 Å². The molecule has 3 rings (SSSR count). The average molecular weight is 255 g/mol. The summed E-state index contributed by atoms with van der Waals surface area (Å²) < 4.78 is 5.74. The minimum absolute atomic E-state index is 0.207. The molecule has 3 heterocycles. The first kappa shape index (κ1) is 11.7. The molecule has 2 fully saturated rings. The largest absolute Gasteiger partial charge is 0.376 e.